The van der Waals surface area contributed by atoms with Gasteiger partial charge in [0, 0.05) is 42.5 Å². The largest absolute Gasteiger partial charge is 0.336 e. The minimum Gasteiger partial charge on any atom is -0.336 e. The van der Waals surface area contributed by atoms with E-state index in [-0.39, 0.29) is 5.69 Å². The van der Waals surface area contributed by atoms with Crippen molar-refractivity contribution in [3.8, 4) is 28.5 Å². The summed E-state index contributed by atoms with van der Waals surface area (Å²) in [6.45, 7) is 2.57. The summed E-state index contributed by atoms with van der Waals surface area (Å²) in [7, 11) is 1.88. The lowest BCUT2D eigenvalue weighted by Crippen LogP contribution is -2.26. The molecule has 0 radical (unpaired) electrons. The standard InChI is InChI=1S/C25H25ClN8O/c1-3-4-7-18-16-34(24-21(26)12-13-32(24)2)25(35)33(18)15-17-10-11-22(27-14-17)19-8-5-6-9-20(19)23-28-30-31-29-23/h5-6,8-14,16H,3-4,7,15H2,1-2H3,(H,28,29,30,31). The lowest BCUT2D eigenvalue weighted by molar-refractivity contribution is 0.669. The number of aromatic nitrogens is 8. The topological polar surface area (TPSA) is 99.2 Å². The summed E-state index contributed by atoms with van der Waals surface area (Å²) in [5.41, 5.74) is 4.37. The van der Waals surface area contributed by atoms with E-state index in [1.807, 2.05) is 71.2 Å². The van der Waals surface area contributed by atoms with Crippen molar-refractivity contribution in [1.29, 1.82) is 0 Å². The molecule has 0 saturated carbocycles. The van der Waals surface area contributed by atoms with Gasteiger partial charge >= 0.3 is 5.69 Å². The summed E-state index contributed by atoms with van der Waals surface area (Å²) in [6, 6.07) is 13.6. The third-order valence-electron chi connectivity index (χ3n) is 6.04. The number of nitrogens with zero attached hydrogens (tertiary/aromatic N) is 7. The summed E-state index contributed by atoms with van der Waals surface area (Å²) in [4.78, 5) is 18.1. The van der Waals surface area contributed by atoms with Gasteiger partial charge in [-0.1, -0.05) is 55.3 Å². The highest BCUT2D eigenvalue weighted by Gasteiger charge is 2.17. The summed E-state index contributed by atoms with van der Waals surface area (Å²) >= 11 is 6.39. The smallest absolute Gasteiger partial charge is 0.334 e. The second-order valence-electron chi connectivity index (χ2n) is 8.41. The fourth-order valence-electron chi connectivity index (χ4n) is 4.23. The van der Waals surface area contributed by atoms with E-state index in [1.165, 1.54) is 0 Å². The van der Waals surface area contributed by atoms with Crippen molar-refractivity contribution < 1.29 is 0 Å². The Labute approximate surface area is 207 Å². The number of aromatic amines is 1. The summed E-state index contributed by atoms with van der Waals surface area (Å²) in [6.07, 6.45) is 8.42. The molecule has 0 unspecified atom stereocenters. The normalized spacial score (nSPS) is 11.3. The second-order valence-corrected chi connectivity index (χ2v) is 8.82. The zero-order valence-corrected chi connectivity index (χ0v) is 20.3. The Bertz CT molecular complexity index is 1480. The highest BCUT2D eigenvalue weighted by atomic mass is 35.5. The Morgan fingerprint density at radius 2 is 1.91 bits per heavy atom. The first-order valence-electron chi connectivity index (χ1n) is 11.5. The molecule has 4 heterocycles. The lowest BCUT2D eigenvalue weighted by atomic mass is 10.0. The minimum absolute atomic E-state index is 0.118. The number of imidazole rings is 1. The molecule has 1 N–H and O–H groups in total. The van der Waals surface area contributed by atoms with Crippen molar-refractivity contribution >= 4 is 11.6 Å². The fraction of sp³-hybridized carbons (Fsp3) is 0.240. The number of hydrogen-bond acceptors (Lipinski definition) is 5. The molecule has 0 aliphatic carbocycles. The van der Waals surface area contributed by atoms with E-state index >= 15 is 0 Å². The zero-order chi connectivity index (χ0) is 24.4. The number of nitrogens with one attached hydrogen (secondary N) is 1. The van der Waals surface area contributed by atoms with Gasteiger partial charge in [-0.15, -0.1) is 5.10 Å². The van der Waals surface area contributed by atoms with Crippen LogP contribution in [0.3, 0.4) is 0 Å². The van der Waals surface area contributed by atoms with Gasteiger partial charge in [0.2, 0.25) is 0 Å². The maximum atomic E-state index is 13.4. The number of halogens is 1. The van der Waals surface area contributed by atoms with Crippen LogP contribution in [0, 0.1) is 0 Å². The van der Waals surface area contributed by atoms with Gasteiger partial charge in [0.1, 0.15) is 5.82 Å². The summed E-state index contributed by atoms with van der Waals surface area (Å²) in [5, 5.41) is 14.7. The molecule has 4 aromatic heterocycles. The van der Waals surface area contributed by atoms with E-state index in [4.69, 9.17) is 16.6 Å². The SMILES string of the molecule is CCCCc1cn(-c2c(Cl)ccn2C)c(=O)n1Cc1ccc(-c2ccccc2-c2nnn[nH]2)nc1. The molecule has 0 atom stereocenters. The number of benzene rings is 1. The molecular formula is C25H25ClN8O. The van der Waals surface area contributed by atoms with Crippen LogP contribution < -0.4 is 5.69 Å². The molecule has 35 heavy (non-hydrogen) atoms. The van der Waals surface area contributed by atoms with E-state index in [1.54, 1.807) is 10.6 Å². The van der Waals surface area contributed by atoms with Gasteiger partial charge in [0.25, 0.3) is 0 Å². The van der Waals surface area contributed by atoms with Gasteiger partial charge < -0.3 is 4.57 Å². The molecule has 0 amide bonds. The third kappa shape index (κ3) is 4.42. The Morgan fingerprint density at radius 3 is 2.57 bits per heavy atom. The average Bonchev–Trinajstić information content (AvgIpc) is 3.60. The molecule has 0 aliphatic rings. The van der Waals surface area contributed by atoms with Crippen molar-refractivity contribution in [2.45, 2.75) is 32.7 Å². The fourth-order valence-corrected chi connectivity index (χ4v) is 4.51. The highest BCUT2D eigenvalue weighted by Crippen LogP contribution is 2.28. The molecule has 0 spiro atoms. The third-order valence-corrected chi connectivity index (χ3v) is 6.33. The highest BCUT2D eigenvalue weighted by molar-refractivity contribution is 6.32. The number of tetrazole rings is 1. The van der Waals surface area contributed by atoms with Crippen molar-refractivity contribution in [3.63, 3.8) is 0 Å². The molecule has 5 rings (SSSR count). The van der Waals surface area contributed by atoms with E-state index in [0.717, 1.165) is 47.3 Å². The van der Waals surface area contributed by atoms with Crippen molar-refractivity contribution in [2.75, 3.05) is 0 Å². The molecule has 0 bridgehead atoms. The van der Waals surface area contributed by atoms with Crippen LogP contribution in [0.2, 0.25) is 5.02 Å². The summed E-state index contributed by atoms with van der Waals surface area (Å²) in [5.74, 6) is 1.25. The van der Waals surface area contributed by atoms with Crippen LogP contribution in [0.1, 0.15) is 31.0 Å². The van der Waals surface area contributed by atoms with Gasteiger partial charge in [-0.3, -0.25) is 14.1 Å². The maximum Gasteiger partial charge on any atom is 0.334 e. The zero-order valence-electron chi connectivity index (χ0n) is 19.5. The monoisotopic (exact) mass is 488 g/mol. The molecule has 10 heteroatoms. The van der Waals surface area contributed by atoms with Crippen LogP contribution in [-0.2, 0) is 20.0 Å². The molecule has 9 nitrogen and oxygen atoms in total. The lowest BCUT2D eigenvalue weighted by Gasteiger charge is -2.09. The van der Waals surface area contributed by atoms with Gasteiger partial charge in [-0.05, 0) is 41.0 Å². The van der Waals surface area contributed by atoms with E-state index in [0.29, 0.717) is 23.2 Å². The van der Waals surface area contributed by atoms with E-state index in [9.17, 15) is 4.79 Å². The Balaban J connectivity index is 1.48. The maximum absolute atomic E-state index is 13.4. The number of unbranched alkanes of at least 4 members (excludes halogenated alkanes) is 1. The molecule has 0 aliphatic heterocycles. The van der Waals surface area contributed by atoms with E-state index in [2.05, 4.69) is 27.5 Å². The van der Waals surface area contributed by atoms with Crippen molar-refractivity contribution in [3.05, 3.63) is 87.8 Å². The van der Waals surface area contributed by atoms with Crippen LogP contribution in [0.25, 0.3) is 28.5 Å². The van der Waals surface area contributed by atoms with Gasteiger partial charge in [0.05, 0.1) is 17.3 Å². The van der Waals surface area contributed by atoms with Gasteiger partial charge in [0.15, 0.2) is 5.82 Å². The first kappa shape index (κ1) is 22.8. The summed E-state index contributed by atoms with van der Waals surface area (Å²) < 4.78 is 5.30. The predicted molar refractivity (Wildman–Crippen MR) is 135 cm³/mol. The number of H-pyrrole nitrogens is 1. The predicted octanol–water partition coefficient (Wildman–Crippen LogP) is 4.26. The van der Waals surface area contributed by atoms with Gasteiger partial charge in [-0.2, -0.15) is 0 Å². The van der Waals surface area contributed by atoms with E-state index < -0.39 is 0 Å². The minimum atomic E-state index is -0.118. The molecule has 178 valence electrons. The molecule has 0 fully saturated rings. The molecule has 0 saturated heterocycles. The van der Waals surface area contributed by atoms with Crippen LogP contribution in [0.15, 0.2) is 65.8 Å². The van der Waals surface area contributed by atoms with Crippen LogP contribution in [0.5, 0.6) is 0 Å². The van der Waals surface area contributed by atoms with Gasteiger partial charge in [-0.25, -0.2) is 9.89 Å². The Hall–Kier alpha value is -3.98. The van der Waals surface area contributed by atoms with Crippen molar-refractivity contribution in [2.24, 2.45) is 7.05 Å². The average molecular weight is 489 g/mol. The van der Waals surface area contributed by atoms with Crippen LogP contribution in [0.4, 0.5) is 0 Å². The second kappa shape index (κ2) is 9.71. The number of rotatable bonds is 8. The number of hydrogen-bond donors (Lipinski definition) is 1. The first-order valence-corrected chi connectivity index (χ1v) is 11.8. The number of pyridine rings is 1. The number of aryl methyl sites for hydroxylation is 2. The quantitative estimate of drug-likeness (QED) is 0.351. The van der Waals surface area contributed by atoms with Crippen LogP contribution >= 0.6 is 11.6 Å². The van der Waals surface area contributed by atoms with Crippen LogP contribution in [-0.4, -0.2) is 39.3 Å². The first-order chi connectivity index (χ1) is 17.1. The molecule has 1 aromatic carbocycles. The Kier molecular flexibility index (Phi) is 6.33. The molecule has 5 aromatic rings. The molecular weight excluding hydrogens is 464 g/mol. The van der Waals surface area contributed by atoms with Crippen molar-refractivity contribution in [1.82, 2.24) is 39.3 Å². The Morgan fingerprint density at radius 1 is 1.09 bits per heavy atom.